The van der Waals surface area contributed by atoms with Crippen LogP contribution in [0.4, 0.5) is 25.1 Å². The van der Waals surface area contributed by atoms with Crippen molar-refractivity contribution in [3.63, 3.8) is 0 Å². The fourth-order valence-corrected chi connectivity index (χ4v) is 4.58. The third kappa shape index (κ3) is 3.48. The van der Waals surface area contributed by atoms with E-state index in [4.69, 9.17) is 11.6 Å². The van der Waals surface area contributed by atoms with Crippen molar-refractivity contribution in [3.8, 4) is 0 Å². The van der Waals surface area contributed by atoms with Crippen LogP contribution in [0.15, 0.2) is 36.4 Å². The van der Waals surface area contributed by atoms with Gasteiger partial charge in [0.15, 0.2) is 11.0 Å². The van der Waals surface area contributed by atoms with Crippen molar-refractivity contribution < 1.29 is 18.7 Å². The number of benzene rings is 1. The summed E-state index contributed by atoms with van der Waals surface area (Å²) in [6.45, 7) is 1.02. The molecule has 1 aliphatic heterocycles. The van der Waals surface area contributed by atoms with Crippen LogP contribution < -0.4 is 4.90 Å². The highest BCUT2D eigenvalue weighted by molar-refractivity contribution is 6.30. The van der Waals surface area contributed by atoms with E-state index >= 15 is 0 Å². The molecule has 3 atom stereocenters. The average Bonchev–Trinajstić information content (AvgIpc) is 3.23. The molecular weight excluding hydrogens is 390 g/mol. The lowest BCUT2D eigenvalue weighted by atomic mass is 10.0. The lowest BCUT2D eigenvalue weighted by Gasteiger charge is -2.31. The van der Waals surface area contributed by atoms with E-state index in [-0.39, 0.29) is 28.6 Å². The average molecular weight is 409 g/mol. The maximum absolute atomic E-state index is 13.3. The van der Waals surface area contributed by atoms with E-state index in [1.807, 2.05) is 35.2 Å². The van der Waals surface area contributed by atoms with Gasteiger partial charge in [0.2, 0.25) is 0 Å². The third-order valence-corrected chi connectivity index (χ3v) is 5.93. The third-order valence-electron chi connectivity index (χ3n) is 5.64. The highest BCUT2D eigenvalue weighted by atomic mass is 35.5. The van der Waals surface area contributed by atoms with Crippen molar-refractivity contribution in [2.24, 2.45) is 11.8 Å². The zero-order chi connectivity index (χ0) is 19.8. The molecular formula is C19H19ClF2N4O2. The first-order valence-corrected chi connectivity index (χ1v) is 9.45. The summed E-state index contributed by atoms with van der Waals surface area (Å²) in [6, 6.07) is 10.8. The molecule has 0 spiro atoms. The normalized spacial score (nSPS) is 23.9. The van der Waals surface area contributed by atoms with Crippen LogP contribution in [0.5, 0.6) is 0 Å². The summed E-state index contributed by atoms with van der Waals surface area (Å²) in [5.41, 5.74) is 0.488. The highest BCUT2D eigenvalue weighted by Gasteiger charge is 2.44. The van der Waals surface area contributed by atoms with E-state index in [2.05, 4.69) is 10.2 Å². The molecule has 1 aliphatic carbocycles. The molecule has 1 aromatic carbocycles. The largest absolute Gasteiger partial charge is 0.465 e. The first kappa shape index (κ1) is 18.9. The number of rotatable bonds is 4. The van der Waals surface area contributed by atoms with E-state index in [0.29, 0.717) is 18.9 Å². The molecule has 0 unspecified atom stereocenters. The number of hydrogen-bond donors (Lipinski definition) is 1. The molecule has 1 N–H and O–H groups in total. The number of anilines is 2. The van der Waals surface area contributed by atoms with Gasteiger partial charge >= 0.3 is 6.09 Å². The van der Waals surface area contributed by atoms with Crippen LogP contribution in [0.1, 0.15) is 24.8 Å². The molecule has 0 radical (unpaired) electrons. The van der Waals surface area contributed by atoms with Gasteiger partial charge in [-0.2, -0.15) is 0 Å². The van der Waals surface area contributed by atoms with Gasteiger partial charge in [0.1, 0.15) is 0 Å². The number of hydrogen-bond acceptors (Lipinski definition) is 4. The van der Waals surface area contributed by atoms with Crippen molar-refractivity contribution in [2.45, 2.75) is 25.3 Å². The SMILES string of the molecule is O=C(O)N1C[C@H]2C[C@H](N(c3ccccc3)c3cc(C(F)F)c(Cl)nn3)C[C@H]2C1. The number of carbonyl (C=O) groups is 1. The molecule has 28 heavy (non-hydrogen) atoms. The van der Waals surface area contributed by atoms with Gasteiger partial charge in [-0.1, -0.05) is 29.8 Å². The van der Waals surface area contributed by atoms with Gasteiger partial charge in [0.25, 0.3) is 6.43 Å². The predicted molar refractivity (Wildman–Crippen MR) is 100 cm³/mol. The Balaban J connectivity index is 1.66. The van der Waals surface area contributed by atoms with Crippen LogP contribution in [-0.2, 0) is 0 Å². The Morgan fingerprint density at radius 3 is 2.39 bits per heavy atom. The van der Waals surface area contributed by atoms with Crippen LogP contribution in [0.3, 0.4) is 0 Å². The minimum absolute atomic E-state index is 0.0225. The van der Waals surface area contributed by atoms with Crippen LogP contribution in [0, 0.1) is 11.8 Å². The van der Waals surface area contributed by atoms with E-state index in [9.17, 15) is 18.7 Å². The molecule has 2 aliphatic rings. The standard InChI is InChI=1S/C19H19ClF2N4O2/c20-17-15(18(21)22)8-16(23-24-17)26(13-4-2-1-3-5-13)14-6-11-9-25(19(27)28)10-12(11)7-14/h1-5,8,11-12,14,18H,6-7,9-10H2,(H,27,28)/t11-,12+,14+. The maximum atomic E-state index is 13.3. The zero-order valence-electron chi connectivity index (χ0n) is 14.9. The van der Waals surface area contributed by atoms with Gasteiger partial charge in [-0.15, -0.1) is 10.2 Å². The smallest absolute Gasteiger partial charge is 0.407 e. The van der Waals surface area contributed by atoms with Crippen molar-refractivity contribution in [1.29, 1.82) is 0 Å². The van der Waals surface area contributed by atoms with E-state index in [1.54, 1.807) is 0 Å². The summed E-state index contributed by atoms with van der Waals surface area (Å²) in [7, 11) is 0. The number of halogens is 3. The second-order valence-corrected chi connectivity index (χ2v) is 7.65. The van der Waals surface area contributed by atoms with E-state index in [0.717, 1.165) is 18.5 Å². The molecule has 9 heteroatoms. The van der Waals surface area contributed by atoms with Gasteiger partial charge in [0.05, 0.1) is 5.56 Å². The molecule has 2 aromatic rings. The van der Waals surface area contributed by atoms with Gasteiger partial charge in [-0.25, -0.2) is 13.6 Å². The number of alkyl halides is 2. The topological polar surface area (TPSA) is 69.6 Å². The van der Waals surface area contributed by atoms with Crippen LogP contribution in [0.2, 0.25) is 5.15 Å². The molecule has 1 amide bonds. The lowest BCUT2D eigenvalue weighted by Crippen LogP contribution is -2.34. The number of aromatic nitrogens is 2. The number of carboxylic acid groups (broad SMARTS) is 1. The molecule has 2 fully saturated rings. The summed E-state index contributed by atoms with van der Waals surface area (Å²) < 4.78 is 26.7. The second-order valence-electron chi connectivity index (χ2n) is 7.29. The lowest BCUT2D eigenvalue weighted by molar-refractivity contribution is 0.150. The Bertz CT molecular complexity index is 856. The fraction of sp³-hybridized carbons (Fsp3) is 0.421. The second kappa shape index (κ2) is 7.50. The molecule has 0 bridgehead atoms. The van der Waals surface area contributed by atoms with Crippen LogP contribution in [0.25, 0.3) is 0 Å². The highest BCUT2D eigenvalue weighted by Crippen LogP contribution is 2.44. The van der Waals surface area contributed by atoms with Crippen LogP contribution in [-0.4, -0.2) is 45.4 Å². The Morgan fingerprint density at radius 1 is 1.18 bits per heavy atom. The van der Waals surface area contributed by atoms with Gasteiger partial charge in [0, 0.05) is 24.8 Å². The summed E-state index contributed by atoms with van der Waals surface area (Å²) in [5, 5.41) is 16.7. The summed E-state index contributed by atoms with van der Waals surface area (Å²) in [4.78, 5) is 14.6. The Morgan fingerprint density at radius 2 is 1.82 bits per heavy atom. The first-order chi connectivity index (χ1) is 13.4. The van der Waals surface area contributed by atoms with Gasteiger partial charge < -0.3 is 14.9 Å². The van der Waals surface area contributed by atoms with Gasteiger partial charge in [-0.05, 0) is 42.9 Å². The molecule has 2 heterocycles. The molecule has 1 saturated carbocycles. The molecule has 1 saturated heterocycles. The van der Waals surface area contributed by atoms with Crippen molar-refractivity contribution in [3.05, 3.63) is 47.1 Å². The maximum Gasteiger partial charge on any atom is 0.407 e. The minimum Gasteiger partial charge on any atom is -0.465 e. The molecule has 6 nitrogen and oxygen atoms in total. The predicted octanol–water partition coefficient (Wildman–Crippen LogP) is 4.59. The van der Waals surface area contributed by atoms with Crippen molar-refractivity contribution >= 4 is 29.2 Å². The number of para-hydroxylation sites is 1. The van der Waals surface area contributed by atoms with Crippen molar-refractivity contribution in [1.82, 2.24) is 15.1 Å². The van der Waals surface area contributed by atoms with Crippen LogP contribution >= 0.6 is 11.6 Å². The van der Waals surface area contributed by atoms with E-state index < -0.39 is 12.5 Å². The summed E-state index contributed by atoms with van der Waals surface area (Å²) >= 11 is 5.79. The summed E-state index contributed by atoms with van der Waals surface area (Å²) in [5.74, 6) is 0.829. The Kier molecular flexibility index (Phi) is 5.05. The first-order valence-electron chi connectivity index (χ1n) is 9.07. The molecule has 1 aromatic heterocycles. The quantitative estimate of drug-likeness (QED) is 0.801. The molecule has 4 rings (SSSR count). The number of amides is 1. The Hall–Kier alpha value is -2.48. The minimum atomic E-state index is -2.74. The monoisotopic (exact) mass is 408 g/mol. The number of nitrogens with zero attached hydrogens (tertiary/aromatic N) is 4. The summed E-state index contributed by atoms with van der Waals surface area (Å²) in [6.07, 6.45) is -2.11. The van der Waals surface area contributed by atoms with Crippen molar-refractivity contribution in [2.75, 3.05) is 18.0 Å². The molecule has 148 valence electrons. The zero-order valence-corrected chi connectivity index (χ0v) is 15.6. The number of likely N-dealkylation sites (tertiary alicyclic amines) is 1. The Labute approximate surface area is 165 Å². The fourth-order valence-electron chi connectivity index (χ4n) is 4.40. The number of fused-ring (bicyclic) bond motifs is 1. The van der Waals surface area contributed by atoms with Gasteiger partial charge in [-0.3, -0.25) is 0 Å². The van der Waals surface area contributed by atoms with E-state index in [1.165, 1.54) is 11.0 Å².